The van der Waals surface area contributed by atoms with E-state index in [2.05, 4.69) is 55.4 Å². The second-order valence-electron chi connectivity index (χ2n) is 6.68. The molecule has 0 spiro atoms. The van der Waals surface area contributed by atoms with E-state index >= 15 is 0 Å². The van der Waals surface area contributed by atoms with E-state index < -0.39 is 0 Å². The normalized spacial score (nSPS) is 17.7. The van der Waals surface area contributed by atoms with Gasteiger partial charge in [-0.3, -0.25) is 4.99 Å². The topological polar surface area (TPSA) is 46.1 Å². The number of ether oxygens (including phenoxy) is 2. The predicted octanol–water partition coefficient (Wildman–Crippen LogP) is 2.84. The minimum Gasteiger partial charge on any atom is -0.381 e. The number of aryl methyl sites for hydroxylation is 1. The third kappa shape index (κ3) is 7.04. The van der Waals surface area contributed by atoms with Crippen LogP contribution in [0.4, 0.5) is 0 Å². The number of nitrogens with zero attached hydrogens (tertiary/aromatic N) is 2. The Kier molecular flexibility index (Phi) is 8.77. The summed E-state index contributed by atoms with van der Waals surface area (Å²) >= 11 is 0. The van der Waals surface area contributed by atoms with E-state index in [1.54, 1.807) is 0 Å². The highest BCUT2D eigenvalue weighted by Crippen LogP contribution is 2.12. The maximum Gasteiger partial charge on any atom is 0.193 e. The highest BCUT2D eigenvalue weighted by molar-refractivity contribution is 5.79. The van der Waals surface area contributed by atoms with Gasteiger partial charge in [0.2, 0.25) is 0 Å². The molecule has 5 nitrogen and oxygen atoms in total. The van der Waals surface area contributed by atoms with E-state index in [9.17, 15) is 0 Å². The summed E-state index contributed by atoms with van der Waals surface area (Å²) in [5.41, 5.74) is 2.65. The van der Waals surface area contributed by atoms with Gasteiger partial charge >= 0.3 is 0 Å². The van der Waals surface area contributed by atoms with Crippen molar-refractivity contribution in [3.63, 3.8) is 0 Å². The van der Waals surface area contributed by atoms with E-state index in [-0.39, 0.29) is 0 Å². The fourth-order valence-corrected chi connectivity index (χ4v) is 2.90. The van der Waals surface area contributed by atoms with Crippen molar-refractivity contribution in [3.05, 3.63) is 35.4 Å². The Bertz CT molecular complexity index is 527. The third-order valence-electron chi connectivity index (χ3n) is 4.45. The van der Waals surface area contributed by atoms with E-state index in [1.807, 2.05) is 0 Å². The van der Waals surface area contributed by atoms with Gasteiger partial charge in [0.05, 0.1) is 13.2 Å². The summed E-state index contributed by atoms with van der Waals surface area (Å²) in [6.07, 6.45) is 2.08. The van der Waals surface area contributed by atoms with Gasteiger partial charge in [-0.25, -0.2) is 0 Å². The molecule has 0 aromatic heterocycles. The van der Waals surface area contributed by atoms with Crippen LogP contribution in [0.1, 0.15) is 30.9 Å². The van der Waals surface area contributed by atoms with Crippen molar-refractivity contribution in [1.29, 1.82) is 0 Å². The Hall–Kier alpha value is -1.59. The number of hydrogen-bond donors (Lipinski definition) is 1. The summed E-state index contributed by atoms with van der Waals surface area (Å²) in [6, 6.07) is 8.50. The first-order valence-electron chi connectivity index (χ1n) is 9.40. The lowest BCUT2D eigenvalue weighted by Gasteiger charge is -2.23. The van der Waals surface area contributed by atoms with Crippen molar-refractivity contribution < 1.29 is 9.47 Å². The molecule has 0 saturated carbocycles. The van der Waals surface area contributed by atoms with Gasteiger partial charge < -0.3 is 19.7 Å². The molecule has 5 heteroatoms. The van der Waals surface area contributed by atoms with Gasteiger partial charge in [0.15, 0.2) is 5.96 Å². The van der Waals surface area contributed by atoms with Crippen LogP contribution in [0.5, 0.6) is 0 Å². The van der Waals surface area contributed by atoms with Crippen LogP contribution in [0.25, 0.3) is 0 Å². The average molecular weight is 348 g/mol. The zero-order chi connectivity index (χ0) is 17.9. The molecule has 0 bridgehead atoms. The number of guanidine groups is 1. The SMILES string of the molecule is CCNC(=NCCCOCC1CCOC1)N(C)Cc1ccccc1C. The fraction of sp³-hybridized carbons (Fsp3) is 0.650. The summed E-state index contributed by atoms with van der Waals surface area (Å²) < 4.78 is 11.1. The number of nitrogens with one attached hydrogen (secondary N) is 1. The van der Waals surface area contributed by atoms with Gasteiger partial charge in [-0.2, -0.15) is 0 Å². The molecule has 1 aliphatic heterocycles. The number of aliphatic imine (C=N–C) groups is 1. The molecule has 25 heavy (non-hydrogen) atoms. The minimum absolute atomic E-state index is 0.584. The molecule has 1 aromatic carbocycles. The van der Waals surface area contributed by atoms with Gasteiger partial charge in [0.25, 0.3) is 0 Å². The molecule has 0 radical (unpaired) electrons. The number of rotatable bonds is 9. The maximum absolute atomic E-state index is 5.75. The Balaban J connectivity index is 1.73. The molecule has 1 saturated heterocycles. The van der Waals surface area contributed by atoms with Gasteiger partial charge in [-0.1, -0.05) is 24.3 Å². The van der Waals surface area contributed by atoms with Crippen molar-refractivity contribution in [1.82, 2.24) is 10.2 Å². The molecule has 1 heterocycles. The molecule has 0 aliphatic carbocycles. The highest BCUT2D eigenvalue weighted by Gasteiger charge is 2.15. The van der Waals surface area contributed by atoms with Crippen LogP contribution in [-0.2, 0) is 16.0 Å². The summed E-state index contributed by atoms with van der Waals surface area (Å²) in [4.78, 5) is 6.92. The largest absolute Gasteiger partial charge is 0.381 e. The summed E-state index contributed by atoms with van der Waals surface area (Å²) in [5.74, 6) is 1.54. The van der Waals surface area contributed by atoms with E-state index in [1.165, 1.54) is 11.1 Å². The Morgan fingerprint density at radius 1 is 1.40 bits per heavy atom. The molecule has 1 unspecified atom stereocenters. The Morgan fingerprint density at radius 2 is 2.24 bits per heavy atom. The van der Waals surface area contributed by atoms with Crippen LogP contribution >= 0.6 is 0 Å². The summed E-state index contributed by atoms with van der Waals surface area (Å²) in [6.45, 7) is 10.1. The summed E-state index contributed by atoms with van der Waals surface area (Å²) in [5, 5.41) is 3.38. The lowest BCUT2D eigenvalue weighted by atomic mass is 10.1. The minimum atomic E-state index is 0.584. The molecule has 2 rings (SSSR count). The molecular formula is C20H33N3O2. The first kappa shape index (κ1) is 19.7. The smallest absolute Gasteiger partial charge is 0.193 e. The zero-order valence-electron chi connectivity index (χ0n) is 16.0. The van der Waals surface area contributed by atoms with Gasteiger partial charge in [-0.05, 0) is 37.8 Å². The van der Waals surface area contributed by atoms with Crippen molar-refractivity contribution in [2.45, 2.75) is 33.2 Å². The van der Waals surface area contributed by atoms with Crippen molar-refractivity contribution >= 4 is 5.96 Å². The number of benzene rings is 1. The lowest BCUT2D eigenvalue weighted by molar-refractivity contribution is 0.0893. The molecule has 0 amide bonds. The van der Waals surface area contributed by atoms with Crippen molar-refractivity contribution in [2.75, 3.05) is 46.6 Å². The Labute approximate surface area is 152 Å². The van der Waals surface area contributed by atoms with E-state index in [4.69, 9.17) is 14.5 Å². The summed E-state index contributed by atoms with van der Waals surface area (Å²) in [7, 11) is 2.09. The second kappa shape index (κ2) is 11.1. The molecular weight excluding hydrogens is 314 g/mol. The van der Waals surface area contributed by atoms with Crippen molar-refractivity contribution in [3.8, 4) is 0 Å². The van der Waals surface area contributed by atoms with Crippen molar-refractivity contribution in [2.24, 2.45) is 10.9 Å². The zero-order valence-corrected chi connectivity index (χ0v) is 16.0. The molecule has 1 aromatic rings. The maximum atomic E-state index is 5.75. The average Bonchev–Trinajstić information content (AvgIpc) is 3.12. The second-order valence-corrected chi connectivity index (χ2v) is 6.68. The van der Waals surface area contributed by atoms with Gasteiger partial charge in [0.1, 0.15) is 0 Å². The molecule has 1 atom stereocenters. The van der Waals surface area contributed by atoms with Gasteiger partial charge in [0, 0.05) is 45.8 Å². The predicted molar refractivity (Wildman–Crippen MR) is 103 cm³/mol. The first-order valence-corrected chi connectivity index (χ1v) is 9.40. The van der Waals surface area contributed by atoms with Crippen LogP contribution in [0.2, 0.25) is 0 Å². The van der Waals surface area contributed by atoms with Crippen LogP contribution in [0.15, 0.2) is 29.3 Å². The van der Waals surface area contributed by atoms with Crippen LogP contribution in [-0.4, -0.2) is 57.4 Å². The van der Waals surface area contributed by atoms with E-state index in [0.29, 0.717) is 5.92 Å². The molecule has 140 valence electrons. The van der Waals surface area contributed by atoms with Crippen LogP contribution in [0, 0.1) is 12.8 Å². The third-order valence-corrected chi connectivity index (χ3v) is 4.45. The van der Waals surface area contributed by atoms with Crippen LogP contribution in [0.3, 0.4) is 0 Å². The van der Waals surface area contributed by atoms with Gasteiger partial charge in [-0.15, -0.1) is 0 Å². The van der Waals surface area contributed by atoms with Crippen LogP contribution < -0.4 is 5.32 Å². The monoisotopic (exact) mass is 347 g/mol. The number of hydrogen-bond acceptors (Lipinski definition) is 3. The molecule has 1 fully saturated rings. The lowest BCUT2D eigenvalue weighted by Crippen LogP contribution is -2.38. The Morgan fingerprint density at radius 3 is 2.96 bits per heavy atom. The molecule has 1 N–H and O–H groups in total. The fourth-order valence-electron chi connectivity index (χ4n) is 2.90. The standard InChI is InChI=1S/C20H33N3O2/c1-4-21-20(23(3)14-19-9-6-5-8-17(19)2)22-11-7-12-24-15-18-10-13-25-16-18/h5-6,8-9,18H,4,7,10-16H2,1-3H3,(H,21,22). The highest BCUT2D eigenvalue weighted by atomic mass is 16.5. The first-order chi connectivity index (χ1) is 12.2. The molecule has 1 aliphatic rings. The quantitative estimate of drug-likeness (QED) is 0.424. The van der Waals surface area contributed by atoms with E-state index in [0.717, 1.165) is 64.9 Å².